The lowest BCUT2D eigenvalue weighted by Gasteiger charge is -1.98. The Balaban J connectivity index is 0. The molecule has 3 heteroatoms. The monoisotopic (exact) mass is 297 g/mol. The Morgan fingerprint density at radius 2 is 1.33 bits per heavy atom. The molecule has 21 heavy (non-hydrogen) atoms. The molecule has 0 bridgehead atoms. The fourth-order valence-electron chi connectivity index (χ4n) is 2.09. The smallest absolute Gasteiger partial charge is 0.303 e. The second-order valence-electron chi connectivity index (χ2n) is 5.37. The molecular formula is C18H35NO2. The van der Waals surface area contributed by atoms with E-state index in [4.69, 9.17) is 5.11 Å². The van der Waals surface area contributed by atoms with Crippen LogP contribution in [0.3, 0.4) is 0 Å². The lowest BCUT2D eigenvalue weighted by atomic mass is 10.1. The summed E-state index contributed by atoms with van der Waals surface area (Å²) < 4.78 is 0. The van der Waals surface area contributed by atoms with Crippen molar-refractivity contribution in [1.82, 2.24) is 6.15 Å². The van der Waals surface area contributed by atoms with E-state index in [0.29, 0.717) is 6.42 Å². The standard InChI is InChI=1S/C18H32O2.H3N/c1-2-3-4-5-6-7-8-9-10-11-12-13-14-15-16-17-18(19)20;/h6-7,9-10H,2-5,8,11-17H2,1H3,(H,19,20);1H3/b7-6-,10-9-;. The van der Waals surface area contributed by atoms with Crippen LogP contribution in [0.2, 0.25) is 0 Å². The molecule has 0 heterocycles. The number of allylic oxidation sites excluding steroid dienone is 4. The average Bonchev–Trinajstić information content (AvgIpc) is 2.43. The topological polar surface area (TPSA) is 72.3 Å². The van der Waals surface area contributed by atoms with Gasteiger partial charge in [0.15, 0.2) is 0 Å². The predicted molar refractivity (Wildman–Crippen MR) is 92.0 cm³/mol. The van der Waals surface area contributed by atoms with Crippen LogP contribution in [-0.2, 0) is 4.79 Å². The molecule has 0 aromatic rings. The van der Waals surface area contributed by atoms with Gasteiger partial charge in [0.2, 0.25) is 0 Å². The molecule has 0 saturated heterocycles. The first kappa shape index (κ1) is 22.2. The van der Waals surface area contributed by atoms with Gasteiger partial charge in [0.1, 0.15) is 0 Å². The maximum absolute atomic E-state index is 10.3. The number of carboxylic acid groups (broad SMARTS) is 1. The molecule has 4 N–H and O–H groups in total. The molecule has 0 aromatic heterocycles. The Bertz CT molecular complexity index is 272. The number of aliphatic carboxylic acids is 1. The van der Waals surface area contributed by atoms with E-state index in [1.165, 1.54) is 44.9 Å². The Labute approximate surface area is 131 Å². The summed E-state index contributed by atoms with van der Waals surface area (Å²) in [6.07, 6.45) is 22.3. The number of carbonyl (C=O) groups is 1. The van der Waals surface area contributed by atoms with Crippen LogP contribution >= 0.6 is 0 Å². The molecule has 0 aliphatic heterocycles. The number of rotatable bonds is 14. The van der Waals surface area contributed by atoms with Crippen molar-refractivity contribution in [3.63, 3.8) is 0 Å². The first-order valence-corrected chi connectivity index (χ1v) is 8.29. The molecule has 0 spiro atoms. The highest BCUT2D eigenvalue weighted by atomic mass is 16.4. The van der Waals surface area contributed by atoms with Crippen LogP contribution in [0.15, 0.2) is 24.3 Å². The highest BCUT2D eigenvalue weighted by Gasteiger charge is 1.95. The van der Waals surface area contributed by atoms with Crippen LogP contribution in [0, 0.1) is 0 Å². The van der Waals surface area contributed by atoms with Gasteiger partial charge < -0.3 is 11.3 Å². The summed E-state index contributed by atoms with van der Waals surface area (Å²) in [5.41, 5.74) is 0. The first-order chi connectivity index (χ1) is 9.77. The van der Waals surface area contributed by atoms with Crippen molar-refractivity contribution in [3.8, 4) is 0 Å². The molecule has 0 rings (SSSR count). The third-order valence-electron chi connectivity index (χ3n) is 3.34. The van der Waals surface area contributed by atoms with E-state index in [-0.39, 0.29) is 6.15 Å². The zero-order chi connectivity index (χ0) is 14.9. The number of carboxylic acids is 1. The van der Waals surface area contributed by atoms with Gasteiger partial charge in [-0.3, -0.25) is 4.79 Å². The number of hydrogen-bond donors (Lipinski definition) is 2. The molecule has 0 saturated carbocycles. The van der Waals surface area contributed by atoms with Crippen molar-refractivity contribution in [1.29, 1.82) is 0 Å². The minimum atomic E-state index is -0.671. The van der Waals surface area contributed by atoms with Crippen molar-refractivity contribution in [2.75, 3.05) is 0 Å². The van der Waals surface area contributed by atoms with E-state index in [1.807, 2.05) is 0 Å². The van der Waals surface area contributed by atoms with Gasteiger partial charge >= 0.3 is 5.97 Å². The molecule has 0 aliphatic carbocycles. The molecule has 0 fully saturated rings. The van der Waals surface area contributed by atoms with Gasteiger partial charge in [0.05, 0.1) is 0 Å². The molecule has 124 valence electrons. The highest BCUT2D eigenvalue weighted by Crippen LogP contribution is 2.08. The van der Waals surface area contributed by atoms with Crippen LogP contribution < -0.4 is 6.15 Å². The molecule has 3 nitrogen and oxygen atoms in total. The van der Waals surface area contributed by atoms with E-state index in [2.05, 4.69) is 31.2 Å². The zero-order valence-electron chi connectivity index (χ0n) is 13.9. The van der Waals surface area contributed by atoms with E-state index >= 15 is 0 Å². The van der Waals surface area contributed by atoms with Gasteiger partial charge in [-0.1, -0.05) is 63.3 Å². The molecule has 0 unspecified atom stereocenters. The maximum Gasteiger partial charge on any atom is 0.303 e. The van der Waals surface area contributed by atoms with Crippen LogP contribution in [0.5, 0.6) is 0 Å². The van der Waals surface area contributed by atoms with Crippen LogP contribution in [0.25, 0.3) is 0 Å². The van der Waals surface area contributed by atoms with Crippen LogP contribution in [0.4, 0.5) is 0 Å². The van der Waals surface area contributed by atoms with E-state index in [0.717, 1.165) is 25.7 Å². The van der Waals surface area contributed by atoms with Gasteiger partial charge in [-0.25, -0.2) is 0 Å². The Morgan fingerprint density at radius 3 is 1.90 bits per heavy atom. The maximum atomic E-state index is 10.3. The molecule has 0 amide bonds. The van der Waals surface area contributed by atoms with Crippen molar-refractivity contribution in [2.24, 2.45) is 0 Å². The summed E-state index contributed by atoms with van der Waals surface area (Å²) in [7, 11) is 0. The van der Waals surface area contributed by atoms with Gasteiger partial charge in [0, 0.05) is 6.42 Å². The fourth-order valence-corrected chi connectivity index (χ4v) is 2.09. The minimum absolute atomic E-state index is 0. The predicted octanol–water partition coefficient (Wildman–Crippen LogP) is 6.05. The van der Waals surface area contributed by atoms with E-state index in [1.54, 1.807) is 0 Å². The summed E-state index contributed by atoms with van der Waals surface area (Å²) in [4.78, 5) is 10.3. The number of unbranched alkanes of at least 4 members (excludes halogenated alkanes) is 8. The number of hydrogen-bond acceptors (Lipinski definition) is 2. The Hall–Kier alpha value is -1.09. The summed E-state index contributed by atoms with van der Waals surface area (Å²) >= 11 is 0. The molecule has 0 aliphatic rings. The van der Waals surface area contributed by atoms with Crippen molar-refractivity contribution in [2.45, 2.75) is 84.0 Å². The fraction of sp³-hybridized carbons (Fsp3) is 0.722. The molecular weight excluding hydrogens is 262 g/mol. The lowest BCUT2D eigenvalue weighted by Crippen LogP contribution is -1.93. The minimum Gasteiger partial charge on any atom is -0.481 e. The van der Waals surface area contributed by atoms with Gasteiger partial charge in [-0.15, -0.1) is 0 Å². The van der Waals surface area contributed by atoms with Crippen molar-refractivity contribution >= 4 is 5.97 Å². The second-order valence-corrected chi connectivity index (χ2v) is 5.37. The zero-order valence-corrected chi connectivity index (χ0v) is 13.9. The van der Waals surface area contributed by atoms with E-state index < -0.39 is 5.97 Å². The summed E-state index contributed by atoms with van der Waals surface area (Å²) in [5, 5.41) is 8.50. The molecule has 0 aromatic carbocycles. The SMILES string of the molecule is CCCCC/C=C\C/C=C\CCCCCCCC(=O)O.N. The largest absolute Gasteiger partial charge is 0.481 e. The Morgan fingerprint density at radius 1 is 0.810 bits per heavy atom. The van der Waals surface area contributed by atoms with E-state index in [9.17, 15) is 4.79 Å². The molecule has 0 atom stereocenters. The summed E-state index contributed by atoms with van der Waals surface area (Å²) in [6.45, 7) is 2.23. The van der Waals surface area contributed by atoms with Crippen LogP contribution in [0.1, 0.15) is 84.0 Å². The second kappa shape index (κ2) is 18.9. The molecule has 0 radical (unpaired) electrons. The first-order valence-electron chi connectivity index (χ1n) is 8.29. The third-order valence-corrected chi connectivity index (χ3v) is 3.34. The Kier molecular flexibility index (Phi) is 20.0. The third kappa shape index (κ3) is 21.4. The van der Waals surface area contributed by atoms with Gasteiger partial charge in [-0.05, 0) is 38.5 Å². The lowest BCUT2D eigenvalue weighted by molar-refractivity contribution is -0.137. The summed E-state index contributed by atoms with van der Waals surface area (Å²) in [5.74, 6) is -0.671. The van der Waals surface area contributed by atoms with Gasteiger partial charge in [-0.2, -0.15) is 0 Å². The highest BCUT2D eigenvalue weighted by molar-refractivity contribution is 5.66. The van der Waals surface area contributed by atoms with Gasteiger partial charge in [0.25, 0.3) is 0 Å². The average molecular weight is 297 g/mol. The summed E-state index contributed by atoms with van der Waals surface area (Å²) in [6, 6.07) is 0. The normalized spacial score (nSPS) is 11.1. The quantitative estimate of drug-likeness (QED) is 0.303. The van der Waals surface area contributed by atoms with Crippen molar-refractivity contribution < 1.29 is 9.90 Å². The van der Waals surface area contributed by atoms with Crippen molar-refractivity contribution in [3.05, 3.63) is 24.3 Å². The van der Waals surface area contributed by atoms with Crippen LogP contribution in [-0.4, -0.2) is 11.1 Å².